The zero-order chi connectivity index (χ0) is 25.9. The van der Waals surface area contributed by atoms with Gasteiger partial charge in [0.15, 0.2) is 5.82 Å². The lowest BCUT2D eigenvalue weighted by Crippen LogP contribution is -2.40. The van der Waals surface area contributed by atoms with Crippen molar-refractivity contribution >= 4 is 23.0 Å². The van der Waals surface area contributed by atoms with E-state index in [0.29, 0.717) is 31.7 Å². The minimum absolute atomic E-state index is 0.0503. The summed E-state index contributed by atoms with van der Waals surface area (Å²) in [6.45, 7) is 7.02. The van der Waals surface area contributed by atoms with Crippen LogP contribution >= 0.6 is 0 Å². The minimum Gasteiger partial charge on any atom is -0.462 e. The number of rotatable bonds is 3. The topological polar surface area (TPSA) is 86.6 Å². The molecule has 1 saturated carbocycles. The first-order chi connectivity index (χ1) is 16.4. The Labute approximate surface area is 202 Å². The van der Waals surface area contributed by atoms with Crippen molar-refractivity contribution < 1.29 is 27.8 Å². The zero-order valence-electron chi connectivity index (χ0n) is 20.6. The molecule has 9 heteroatoms. The molecule has 0 atom stereocenters. The third kappa shape index (κ3) is 6.18. The number of amides is 1. The van der Waals surface area contributed by atoms with E-state index in [4.69, 9.17) is 9.47 Å². The first-order valence-electron chi connectivity index (χ1n) is 11.6. The van der Waals surface area contributed by atoms with Crippen LogP contribution < -0.4 is 10.7 Å². The van der Waals surface area contributed by atoms with Gasteiger partial charge in [-0.2, -0.15) is 0 Å². The molecule has 188 valence electrons. The van der Waals surface area contributed by atoms with Crippen LogP contribution in [0.3, 0.4) is 0 Å². The van der Waals surface area contributed by atoms with E-state index in [1.807, 2.05) is 0 Å². The van der Waals surface area contributed by atoms with Crippen LogP contribution in [0, 0.1) is 29.4 Å². The highest BCUT2D eigenvalue weighted by atomic mass is 19.1. The number of ether oxygens (including phenoxy) is 2. The van der Waals surface area contributed by atoms with Crippen LogP contribution in [0.5, 0.6) is 0 Å². The molecule has 1 heterocycles. The number of halogens is 2. The Bertz CT molecular complexity index is 1260. The Morgan fingerprint density at radius 2 is 1.83 bits per heavy atom. The van der Waals surface area contributed by atoms with Gasteiger partial charge in [0.05, 0.1) is 23.1 Å². The van der Waals surface area contributed by atoms with Crippen molar-refractivity contribution in [3.8, 4) is 11.8 Å². The fourth-order valence-electron chi connectivity index (χ4n) is 4.13. The maximum atomic E-state index is 14.8. The summed E-state index contributed by atoms with van der Waals surface area (Å²) in [7, 11) is 1.46. The van der Waals surface area contributed by atoms with Gasteiger partial charge in [-0.3, -0.25) is 4.79 Å². The highest BCUT2D eigenvalue weighted by molar-refractivity contribution is 5.95. The Morgan fingerprint density at radius 1 is 1.17 bits per heavy atom. The molecule has 1 aromatic heterocycles. The number of hydrogen-bond donors (Lipinski definition) is 1. The van der Waals surface area contributed by atoms with Gasteiger partial charge in [0.1, 0.15) is 17.0 Å². The lowest BCUT2D eigenvalue weighted by atomic mass is 9.86. The van der Waals surface area contributed by atoms with Crippen LogP contribution in [0.4, 0.5) is 13.6 Å². The number of carbonyl (C=O) groups excluding carboxylic acids is 2. The number of hydrogen-bond acceptors (Lipinski definition) is 5. The van der Waals surface area contributed by atoms with Crippen LogP contribution in [0.2, 0.25) is 0 Å². The largest absolute Gasteiger partial charge is 0.462 e. The number of nitrogens with zero attached hydrogens (tertiary/aromatic N) is 1. The van der Waals surface area contributed by atoms with Crippen molar-refractivity contribution in [2.45, 2.75) is 65.0 Å². The van der Waals surface area contributed by atoms with Crippen LogP contribution in [0.1, 0.15) is 69.3 Å². The summed E-state index contributed by atoms with van der Waals surface area (Å²) in [6, 6.07) is 0.642. The number of nitrogens with one attached hydrogen (secondary N) is 1. The Hall–Kier alpha value is -3.41. The highest BCUT2D eigenvalue weighted by Crippen LogP contribution is 2.26. The predicted molar refractivity (Wildman–Crippen MR) is 127 cm³/mol. The smallest absolute Gasteiger partial charge is 0.407 e. The quantitative estimate of drug-likeness (QED) is 0.510. The SMILES string of the molecule is CCOC(=O)c1cn(C)c2c(F)cc(F)c(C#CC3CCC(NC(=O)OC(C)(C)C)CC3)c2c1=O. The summed E-state index contributed by atoms with van der Waals surface area (Å²) in [5.74, 6) is 2.88. The number of carbonyl (C=O) groups is 2. The van der Waals surface area contributed by atoms with Gasteiger partial charge in [-0.15, -0.1) is 0 Å². The Kier molecular flexibility index (Phi) is 7.83. The molecule has 2 aromatic rings. The Balaban J connectivity index is 1.87. The summed E-state index contributed by atoms with van der Waals surface area (Å²) in [5.41, 5.74) is -2.12. The average Bonchev–Trinajstić information content (AvgIpc) is 2.75. The molecule has 1 fully saturated rings. The molecule has 35 heavy (non-hydrogen) atoms. The van der Waals surface area contributed by atoms with Crippen molar-refractivity contribution in [2.75, 3.05) is 6.61 Å². The van der Waals surface area contributed by atoms with Gasteiger partial charge in [-0.25, -0.2) is 18.4 Å². The van der Waals surface area contributed by atoms with E-state index in [0.717, 1.165) is 0 Å². The molecule has 1 amide bonds. The molecule has 1 N–H and O–H groups in total. The minimum atomic E-state index is -0.971. The molecule has 0 bridgehead atoms. The monoisotopic (exact) mass is 488 g/mol. The van der Waals surface area contributed by atoms with E-state index >= 15 is 0 Å². The predicted octanol–water partition coefficient (Wildman–Crippen LogP) is 4.43. The van der Waals surface area contributed by atoms with Crippen LogP contribution in [-0.4, -0.2) is 34.9 Å². The van der Waals surface area contributed by atoms with Crippen molar-refractivity contribution in [2.24, 2.45) is 13.0 Å². The van der Waals surface area contributed by atoms with Gasteiger partial charge in [0.2, 0.25) is 5.43 Å². The van der Waals surface area contributed by atoms with E-state index < -0.39 is 34.7 Å². The summed E-state index contributed by atoms with van der Waals surface area (Å²) in [4.78, 5) is 37.3. The first-order valence-corrected chi connectivity index (χ1v) is 11.6. The summed E-state index contributed by atoms with van der Waals surface area (Å²) >= 11 is 0. The van der Waals surface area contributed by atoms with Gasteiger partial charge in [-0.05, 0) is 53.4 Å². The maximum Gasteiger partial charge on any atom is 0.407 e. The number of benzene rings is 1. The molecule has 1 aromatic carbocycles. The number of esters is 1. The average molecular weight is 489 g/mol. The lowest BCUT2D eigenvalue weighted by Gasteiger charge is -2.28. The van der Waals surface area contributed by atoms with Crippen molar-refractivity contribution in [3.05, 3.63) is 45.2 Å². The van der Waals surface area contributed by atoms with E-state index in [-0.39, 0.29) is 40.6 Å². The molecule has 0 spiro atoms. The number of pyridine rings is 1. The number of fused-ring (bicyclic) bond motifs is 1. The first kappa shape index (κ1) is 26.2. The number of aryl methyl sites for hydroxylation is 1. The van der Waals surface area contributed by atoms with Gasteiger partial charge in [-0.1, -0.05) is 11.8 Å². The third-order valence-electron chi connectivity index (χ3n) is 5.70. The molecule has 1 aliphatic carbocycles. The van der Waals surface area contributed by atoms with Gasteiger partial charge in [0, 0.05) is 31.3 Å². The molecule has 0 radical (unpaired) electrons. The zero-order valence-corrected chi connectivity index (χ0v) is 20.6. The number of aromatic nitrogens is 1. The molecule has 0 unspecified atom stereocenters. The van der Waals surface area contributed by atoms with Crippen LogP contribution in [-0.2, 0) is 16.5 Å². The molecule has 7 nitrogen and oxygen atoms in total. The third-order valence-corrected chi connectivity index (χ3v) is 5.70. The molecule has 0 aliphatic heterocycles. The molecular weight excluding hydrogens is 458 g/mol. The number of alkyl carbamates (subject to hydrolysis) is 1. The second-order valence-electron chi connectivity index (χ2n) is 9.61. The van der Waals surface area contributed by atoms with Crippen molar-refractivity contribution in [1.82, 2.24) is 9.88 Å². The fourth-order valence-corrected chi connectivity index (χ4v) is 4.13. The second-order valence-corrected chi connectivity index (χ2v) is 9.61. The second kappa shape index (κ2) is 10.5. The van der Waals surface area contributed by atoms with E-state index in [9.17, 15) is 23.2 Å². The molecule has 1 aliphatic rings. The van der Waals surface area contributed by atoms with Gasteiger partial charge >= 0.3 is 12.1 Å². The molecule has 3 rings (SSSR count). The van der Waals surface area contributed by atoms with E-state index in [1.54, 1.807) is 27.7 Å². The van der Waals surface area contributed by atoms with Gasteiger partial charge < -0.3 is 19.4 Å². The van der Waals surface area contributed by atoms with E-state index in [1.165, 1.54) is 17.8 Å². The Morgan fingerprint density at radius 3 is 2.43 bits per heavy atom. The normalized spacial score (nSPS) is 17.9. The fraction of sp³-hybridized carbons (Fsp3) is 0.500. The standard InChI is InChI=1S/C26H30F2N2O5/c1-6-34-24(32)18-14-30(5)22-20(28)13-19(27)17(21(22)23(18)31)12-9-15-7-10-16(11-8-15)29-25(33)35-26(2,3)4/h13-16H,6-8,10-11H2,1-5H3,(H,29,33). The van der Waals surface area contributed by atoms with Crippen LogP contribution in [0.15, 0.2) is 17.1 Å². The molecule has 0 saturated heterocycles. The molecular formula is C26H30F2N2O5. The van der Waals surface area contributed by atoms with Crippen molar-refractivity contribution in [3.63, 3.8) is 0 Å². The highest BCUT2D eigenvalue weighted by Gasteiger charge is 2.25. The summed E-state index contributed by atoms with van der Waals surface area (Å²) in [5, 5.41) is 2.56. The van der Waals surface area contributed by atoms with Crippen LogP contribution in [0.25, 0.3) is 10.9 Å². The summed E-state index contributed by atoms with van der Waals surface area (Å²) in [6.07, 6.45) is 3.35. The lowest BCUT2D eigenvalue weighted by molar-refractivity contribution is 0.0487. The van der Waals surface area contributed by atoms with Crippen molar-refractivity contribution in [1.29, 1.82) is 0 Å². The van der Waals surface area contributed by atoms with E-state index in [2.05, 4.69) is 17.2 Å². The van der Waals surface area contributed by atoms with Gasteiger partial charge in [0.25, 0.3) is 0 Å². The summed E-state index contributed by atoms with van der Waals surface area (Å²) < 4.78 is 40.8. The maximum absolute atomic E-state index is 14.8.